The molecule has 0 spiro atoms. The maximum absolute atomic E-state index is 10.6. The van der Waals surface area contributed by atoms with Crippen molar-refractivity contribution in [3.63, 3.8) is 0 Å². The molecule has 0 bridgehead atoms. The van der Waals surface area contributed by atoms with Gasteiger partial charge >= 0.3 is 5.97 Å². The van der Waals surface area contributed by atoms with E-state index in [4.69, 9.17) is 9.84 Å². The lowest BCUT2D eigenvalue weighted by Crippen LogP contribution is -2.30. The summed E-state index contributed by atoms with van der Waals surface area (Å²) in [5, 5.41) is 8.96. The van der Waals surface area contributed by atoms with Gasteiger partial charge in [-0.15, -0.1) is 0 Å². The van der Waals surface area contributed by atoms with Crippen molar-refractivity contribution >= 4 is 11.7 Å². The fraction of sp³-hybridized carbons (Fsp3) is 0.417. The highest BCUT2D eigenvalue weighted by Gasteiger charge is 2.05. The predicted molar refractivity (Wildman–Crippen MR) is 62.4 cm³/mol. The molecule has 0 amide bonds. The van der Waals surface area contributed by atoms with E-state index in [-0.39, 0.29) is 12.6 Å². The van der Waals surface area contributed by atoms with Crippen molar-refractivity contribution in [2.45, 2.75) is 6.92 Å². The van der Waals surface area contributed by atoms with Gasteiger partial charge in [0.2, 0.25) is 0 Å². The molecule has 0 aromatic heterocycles. The molecule has 0 aliphatic carbocycles. The van der Waals surface area contributed by atoms with E-state index in [0.717, 1.165) is 5.69 Å². The quantitative estimate of drug-likeness (QED) is 0.732. The Bertz CT molecular complexity index is 313. The van der Waals surface area contributed by atoms with Crippen LogP contribution in [-0.4, -0.2) is 37.4 Å². The smallest absolute Gasteiger partial charge is 0.302 e. The first kappa shape index (κ1) is 12.5. The summed E-state index contributed by atoms with van der Waals surface area (Å²) in [6.45, 7) is 2.92. The van der Waals surface area contributed by atoms with Crippen molar-refractivity contribution in [2.24, 2.45) is 0 Å². The largest absolute Gasteiger partial charge is 0.464 e. The first-order chi connectivity index (χ1) is 7.74. The summed E-state index contributed by atoms with van der Waals surface area (Å²) in [5.41, 5.74) is 1.02. The third-order valence-electron chi connectivity index (χ3n) is 2.16. The molecule has 0 heterocycles. The van der Waals surface area contributed by atoms with E-state index < -0.39 is 0 Å². The monoisotopic (exact) mass is 223 g/mol. The molecule has 0 saturated heterocycles. The summed E-state index contributed by atoms with van der Waals surface area (Å²) in [6, 6.07) is 9.73. The topological polar surface area (TPSA) is 49.8 Å². The Balaban J connectivity index is 2.51. The fourth-order valence-corrected chi connectivity index (χ4v) is 1.43. The molecule has 88 valence electrons. The number of anilines is 1. The van der Waals surface area contributed by atoms with Crippen LogP contribution in [0.25, 0.3) is 0 Å². The van der Waals surface area contributed by atoms with Crippen LogP contribution in [0.1, 0.15) is 6.92 Å². The summed E-state index contributed by atoms with van der Waals surface area (Å²) in [5.74, 6) is -0.281. The molecule has 0 aliphatic rings. The number of esters is 1. The zero-order valence-electron chi connectivity index (χ0n) is 9.43. The summed E-state index contributed by atoms with van der Waals surface area (Å²) >= 11 is 0. The van der Waals surface area contributed by atoms with E-state index in [1.807, 2.05) is 35.2 Å². The third-order valence-corrected chi connectivity index (χ3v) is 2.16. The summed E-state index contributed by atoms with van der Waals surface area (Å²) in [6.07, 6.45) is 0. The SMILES string of the molecule is CC(=O)OCCN(CCO)c1ccccc1. The van der Waals surface area contributed by atoms with Crippen molar-refractivity contribution in [1.29, 1.82) is 0 Å². The number of nitrogens with zero attached hydrogens (tertiary/aromatic N) is 1. The van der Waals surface area contributed by atoms with Gasteiger partial charge in [0, 0.05) is 19.2 Å². The van der Waals surface area contributed by atoms with Crippen molar-refractivity contribution in [2.75, 3.05) is 31.2 Å². The van der Waals surface area contributed by atoms with Crippen LogP contribution in [-0.2, 0) is 9.53 Å². The molecule has 4 heteroatoms. The molecule has 4 nitrogen and oxygen atoms in total. The van der Waals surface area contributed by atoms with Gasteiger partial charge < -0.3 is 14.7 Å². The highest BCUT2D eigenvalue weighted by atomic mass is 16.5. The number of carbonyl (C=O) groups is 1. The Morgan fingerprint density at radius 1 is 1.31 bits per heavy atom. The number of ether oxygens (including phenoxy) is 1. The molecule has 0 atom stereocenters. The minimum Gasteiger partial charge on any atom is -0.464 e. The Kier molecular flexibility index (Phi) is 5.36. The Morgan fingerprint density at radius 2 is 2.00 bits per heavy atom. The molecule has 1 aromatic carbocycles. The van der Waals surface area contributed by atoms with E-state index >= 15 is 0 Å². The van der Waals surface area contributed by atoms with Gasteiger partial charge in [-0.25, -0.2) is 0 Å². The fourth-order valence-electron chi connectivity index (χ4n) is 1.43. The lowest BCUT2D eigenvalue weighted by Gasteiger charge is -2.23. The number of rotatable bonds is 6. The summed E-state index contributed by atoms with van der Waals surface area (Å²) in [4.78, 5) is 12.6. The first-order valence-electron chi connectivity index (χ1n) is 5.28. The number of hydrogen-bond donors (Lipinski definition) is 1. The van der Waals surface area contributed by atoms with Crippen LogP contribution >= 0.6 is 0 Å². The van der Waals surface area contributed by atoms with Crippen molar-refractivity contribution < 1.29 is 14.6 Å². The van der Waals surface area contributed by atoms with Crippen LogP contribution in [0.15, 0.2) is 30.3 Å². The van der Waals surface area contributed by atoms with Gasteiger partial charge in [0.05, 0.1) is 13.2 Å². The lowest BCUT2D eigenvalue weighted by atomic mass is 10.3. The molecule has 0 fully saturated rings. The van der Waals surface area contributed by atoms with Crippen molar-refractivity contribution in [1.82, 2.24) is 0 Å². The molecular formula is C12H17NO3. The molecule has 16 heavy (non-hydrogen) atoms. The van der Waals surface area contributed by atoms with Crippen LogP contribution in [0, 0.1) is 0 Å². The van der Waals surface area contributed by atoms with E-state index in [9.17, 15) is 4.79 Å². The normalized spacial score (nSPS) is 9.88. The van der Waals surface area contributed by atoms with E-state index in [1.165, 1.54) is 6.92 Å². The van der Waals surface area contributed by atoms with Gasteiger partial charge in [-0.1, -0.05) is 18.2 Å². The van der Waals surface area contributed by atoms with E-state index in [2.05, 4.69) is 0 Å². The Hall–Kier alpha value is -1.55. The van der Waals surface area contributed by atoms with Crippen LogP contribution < -0.4 is 4.90 Å². The van der Waals surface area contributed by atoms with Crippen LogP contribution in [0.4, 0.5) is 5.69 Å². The third kappa shape index (κ3) is 4.31. The maximum Gasteiger partial charge on any atom is 0.302 e. The lowest BCUT2D eigenvalue weighted by molar-refractivity contribution is -0.140. The first-order valence-corrected chi connectivity index (χ1v) is 5.28. The zero-order valence-corrected chi connectivity index (χ0v) is 9.43. The highest BCUT2D eigenvalue weighted by Crippen LogP contribution is 2.12. The average Bonchev–Trinajstić information content (AvgIpc) is 2.29. The molecule has 1 N–H and O–H groups in total. The van der Waals surface area contributed by atoms with Gasteiger partial charge in [-0.3, -0.25) is 4.79 Å². The second-order valence-electron chi connectivity index (χ2n) is 3.39. The van der Waals surface area contributed by atoms with Crippen molar-refractivity contribution in [3.05, 3.63) is 30.3 Å². The molecular weight excluding hydrogens is 206 g/mol. The molecule has 0 radical (unpaired) electrons. The Labute approximate surface area is 95.5 Å². The number of carbonyl (C=O) groups excluding carboxylic acids is 1. The summed E-state index contributed by atoms with van der Waals surface area (Å²) < 4.78 is 4.88. The average molecular weight is 223 g/mol. The molecule has 0 saturated carbocycles. The van der Waals surface area contributed by atoms with Crippen LogP contribution in [0.2, 0.25) is 0 Å². The van der Waals surface area contributed by atoms with Gasteiger partial charge in [0.15, 0.2) is 0 Å². The van der Waals surface area contributed by atoms with Gasteiger partial charge in [0.1, 0.15) is 6.61 Å². The number of hydrogen-bond acceptors (Lipinski definition) is 4. The number of para-hydroxylation sites is 1. The van der Waals surface area contributed by atoms with Gasteiger partial charge in [-0.2, -0.15) is 0 Å². The second kappa shape index (κ2) is 6.85. The Morgan fingerprint density at radius 3 is 2.56 bits per heavy atom. The van der Waals surface area contributed by atoms with Gasteiger partial charge in [0.25, 0.3) is 0 Å². The summed E-state index contributed by atoms with van der Waals surface area (Å²) in [7, 11) is 0. The molecule has 0 aliphatic heterocycles. The van der Waals surface area contributed by atoms with Crippen molar-refractivity contribution in [3.8, 4) is 0 Å². The van der Waals surface area contributed by atoms with Crippen LogP contribution in [0.5, 0.6) is 0 Å². The van der Waals surface area contributed by atoms with Crippen LogP contribution in [0.3, 0.4) is 0 Å². The van der Waals surface area contributed by atoms with E-state index in [0.29, 0.717) is 19.7 Å². The minimum atomic E-state index is -0.281. The number of aliphatic hydroxyl groups excluding tert-OH is 1. The maximum atomic E-state index is 10.6. The molecule has 1 rings (SSSR count). The van der Waals surface area contributed by atoms with E-state index in [1.54, 1.807) is 0 Å². The zero-order chi connectivity index (χ0) is 11.8. The number of benzene rings is 1. The highest BCUT2D eigenvalue weighted by molar-refractivity contribution is 5.65. The number of aliphatic hydroxyl groups is 1. The predicted octanol–water partition coefficient (Wildman–Crippen LogP) is 1.05. The molecule has 0 unspecified atom stereocenters. The molecule has 1 aromatic rings. The second-order valence-corrected chi connectivity index (χ2v) is 3.39. The standard InChI is InChI=1S/C12H17NO3/c1-11(15)16-10-8-13(7-9-14)12-5-3-2-4-6-12/h2-6,14H,7-10H2,1H3. The minimum absolute atomic E-state index is 0.0783. The van der Waals surface area contributed by atoms with Gasteiger partial charge in [-0.05, 0) is 12.1 Å².